The van der Waals surface area contributed by atoms with Crippen LogP contribution in [0.4, 0.5) is 5.69 Å². The molecule has 0 aliphatic heterocycles. The van der Waals surface area contributed by atoms with Gasteiger partial charge in [-0.05, 0) is 159 Å². The Balaban J connectivity index is 0.000000124. The summed E-state index contributed by atoms with van der Waals surface area (Å²) < 4.78 is 18.4. The lowest BCUT2D eigenvalue weighted by Gasteiger charge is -2.07. The summed E-state index contributed by atoms with van der Waals surface area (Å²) in [5.41, 5.74) is 22.7. The van der Waals surface area contributed by atoms with Crippen LogP contribution in [0.3, 0.4) is 0 Å². The fraction of sp³-hybridized carbons (Fsp3) is 0.0270. The van der Waals surface area contributed by atoms with E-state index in [1.54, 1.807) is 0 Å². The molecule has 0 atom stereocenters. The molecule has 0 saturated heterocycles. The van der Waals surface area contributed by atoms with E-state index in [2.05, 4.69) is 222 Å². The smallest absolute Gasteiger partial charge is 0.135 e. The topological polar surface area (TPSA) is 52.3 Å². The Morgan fingerprint density at radius 1 is 0.287 bits per heavy atom. The summed E-state index contributed by atoms with van der Waals surface area (Å²) in [6.07, 6.45) is 0.917. The van der Waals surface area contributed by atoms with E-state index in [0.29, 0.717) is 0 Å². The molecule has 16 aromatic rings. The first-order valence-electron chi connectivity index (χ1n) is 26.4. The Kier molecular flexibility index (Phi) is 13.7. The highest BCUT2D eigenvalue weighted by Gasteiger charge is 2.12. The van der Waals surface area contributed by atoms with Crippen LogP contribution in [0.1, 0.15) is 18.6 Å². The largest absolute Gasteiger partial charge is 0.456 e. The molecule has 0 unspecified atom stereocenters. The Hall–Kier alpha value is -9.04. The Labute approximate surface area is 480 Å². The minimum Gasteiger partial charge on any atom is -0.456 e. The van der Waals surface area contributed by atoms with Gasteiger partial charge in [0.2, 0.25) is 0 Å². The minimum absolute atomic E-state index is 0. The summed E-state index contributed by atoms with van der Waals surface area (Å²) in [5, 5.41) is 10.0. The van der Waals surface area contributed by atoms with E-state index >= 15 is 0 Å². The summed E-state index contributed by atoms with van der Waals surface area (Å²) in [7, 11) is 0. The van der Waals surface area contributed by atoms with E-state index in [9.17, 15) is 0 Å². The molecule has 0 aliphatic carbocycles. The highest BCUT2D eigenvalue weighted by atomic mass is 79.9. The van der Waals surface area contributed by atoms with Crippen LogP contribution in [-0.4, -0.2) is 0 Å². The first-order valence-corrected chi connectivity index (χ1v) is 28.8. The first-order chi connectivity index (χ1) is 38.9. The summed E-state index contributed by atoms with van der Waals surface area (Å²) in [4.78, 5) is 0. The molecule has 0 radical (unpaired) electrons. The number of para-hydroxylation sites is 2. The fourth-order valence-electron chi connectivity index (χ4n) is 10.8. The maximum absolute atomic E-state index is 6.00. The van der Waals surface area contributed by atoms with Crippen LogP contribution in [0.5, 0.6) is 0 Å². The average Bonchev–Trinajstić information content (AvgIpc) is 4.31. The van der Waals surface area contributed by atoms with Crippen molar-refractivity contribution in [2.75, 3.05) is 5.73 Å². The second kappa shape index (κ2) is 21.7. The van der Waals surface area contributed by atoms with Crippen LogP contribution in [0.2, 0.25) is 0 Å². The molecular weight excluding hydrogens is 1080 g/mol. The summed E-state index contributed by atoms with van der Waals surface area (Å²) in [5.74, 6) is 0. The molecule has 4 heterocycles. The summed E-state index contributed by atoms with van der Waals surface area (Å²) >= 11 is 7.21. The molecule has 0 amide bonds. The number of furan rings is 2. The normalized spacial score (nSPS) is 11.3. The number of fused-ring (bicyclic) bond motifs is 12. The van der Waals surface area contributed by atoms with Crippen LogP contribution in [-0.2, 0) is 6.42 Å². The van der Waals surface area contributed by atoms with Crippen molar-refractivity contribution in [3.8, 4) is 44.5 Å². The van der Waals surface area contributed by atoms with Crippen LogP contribution in [0.15, 0.2) is 280 Å². The molecular formula is C74H52BrNO2S2. The third-order valence-corrected chi connectivity index (χ3v) is 17.7. The lowest BCUT2D eigenvalue weighted by atomic mass is 9.97. The molecule has 0 fully saturated rings. The highest BCUT2D eigenvalue weighted by Crippen LogP contribution is 2.39. The zero-order valence-corrected chi connectivity index (χ0v) is 45.9. The highest BCUT2D eigenvalue weighted by molar-refractivity contribution is 9.10. The zero-order chi connectivity index (χ0) is 52.8. The maximum Gasteiger partial charge on any atom is 0.135 e. The molecule has 4 aromatic heterocycles. The standard InChI is InChI=1S/C37H24OS.C18H11BrS.C18H13NO.CH4/c1-3-7-34-30(5-1)32-22-28(17-19-35(32)38-34)26-13-9-24(10-14-26)21-25-11-15-27(16-12-25)29-18-20-37-33(23-29)31-6-2-4-8-36(31)39-37;2*19-14-8-5-12(6-9-14)13-7-10-18-16(11-13)15-3-1-2-4-17(15)20-18;/h1-20,22-23H,21H2;1-11H;1-11H,19H2;1H4. The maximum atomic E-state index is 6.00. The van der Waals surface area contributed by atoms with Crippen molar-refractivity contribution >= 4 is 129 Å². The van der Waals surface area contributed by atoms with Gasteiger partial charge in [0.25, 0.3) is 0 Å². The molecule has 0 bridgehead atoms. The van der Waals surface area contributed by atoms with Gasteiger partial charge in [-0.3, -0.25) is 0 Å². The predicted octanol–water partition coefficient (Wildman–Crippen LogP) is 22.8. The first kappa shape index (κ1) is 50.5. The Morgan fingerprint density at radius 3 is 1.04 bits per heavy atom. The molecule has 0 aliphatic rings. The van der Waals surface area contributed by atoms with E-state index in [0.717, 1.165) is 60.6 Å². The molecule has 384 valence electrons. The molecule has 80 heavy (non-hydrogen) atoms. The molecule has 0 saturated carbocycles. The van der Waals surface area contributed by atoms with Gasteiger partial charge in [0.05, 0.1) is 0 Å². The van der Waals surface area contributed by atoms with Crippen molar-refractivity contribution in [2.45, 2.75) is 13.8 Å². The predicted molar refractivity (Wildman–Crippen MR) is 349 cm³/mol. The van der Waals surface area contributed by atoms with Crippen molar-refractivity contribution in [3.63, 3.8) is 0 Å². The van der Waals surface area contributed by atoms with Crippen LogP contribution >= 0.6 is 38.6 Å². The summed E-state index contributed by atoms with van der Waals surface area (Å²) in [6, 6.07) is 94.4. The Morgan fingerprint density at radius 2 is 0.600 bits per heavy atom. The van der Waals surface area contributed by atoms with Gasteiger partial charge in [-0.15, -0.1) is 22.7 Å². The van der Waals surface area contributed by atoms with E-state index < -0.39 is 0 Å². The van der Waals surface area contributed by atoms with Crippen molar-refractivity contribution in [3.05, 3.63) is 283 Å². The number of thiophene rings is 2. The lowest BCUT2D eigenvalue weighted by Crippen LogP contribution is -1.89. The number of rotatable bonds is 6. The monoisotopic (exact) mass is 1130 g/mol. The van der Waals surface area contributed by atoms with Gasteiger partial charge in [0, 0.05) is 72.0 Å². The molecule has 2 N–H and O–H groups in total. The second-order valence-corrected chi connectivity index (χ2v) is 23.0. The van der Waals surface area contributed by atoms with Gasteiger partial charge in [0.1, 0.15) is 22.3 Å². The molecule has 12 aromatic carbocycles. The van der Waals surface area contributed by atoms with Crippen LogP contribution < -0.4 is 5.73 Å². The molecule has 0 spiro atoms. The third-order valence-electron chi connectivity index (χ3n) is 14.9. The average molecular weight is 1130 g/mol. The van der Waals surface area contributed by atoms with Crippen molar-refractivity contribution in [2.24, 2.45) is 0 Å². The van der Waals surface area contributed by atoms with Gasteiger partial charge < -0.3 is 14.6 Å². The number of hydrogen-bond donors (Lipinski definition) is 1. The third kappa shape index (κ3) is 9.94. The van der Waals surface area contributed by atoms with Gasteiger partial charge in [0.15, 0.2) is 0 Å². The number of nitrogen functional groups attached to an aromatic ring is 1. The second-order valence-electron chi connectivity index (χ2n) is 19.9. The van der Waals surface area contributed by atoms with Crippen LogP contribution in [0, 0.1) is 0 Å². The fourth-order valence-corrected chi connectivity index (χ4v) is 13.2. The number of benzene rings is 12. The van der Waals surface area contributed by atoms with E-state index in [1.807, 2.05) is 83.3 Å². The van der Waals surface area contributed by atoms with Crippen molar-refractivity contribution in [1.82, 2.24) is 0 Å². The van der Waals surface area contributed by atoms with Gasteiger partial charge >= 0.3 is 0 Å². The Bertz CT molecular complexity index is 4560. The number of hydrogen-bond acceptors (Lipinski definition) is 5. The van der Waals surface area contributed by atoms with Gasteiger partial charge in [-0.25, -0.2) is 0 Å². The molecule has 6 heteroatoms. The van der Waals surface area contributed by atoms with E-state index in [1.165, 1.54) is 95.8 Å². The molecule has 16 rings (SSSR count). The quantitative estimate of drug-likeness (QED) is 0.169. The minimum atomic E-state index is 0. The van der Waals surface area contributed by atoms with Crippen molar-refractivity contribution in [1.29, 1.82) is 0 Å². The zero-order valence-electron chi connectivity index (χ0n) is 42.7. The van der Waals surface area contributed by atoms with Crippen molar-refractivity contribution < 1.29 is 8.83 Å². The lowest BCUT2D eigenvalue weighted by molar-refractivity contribution is 0.668. The number of nitrogens with two attached hydrogens (primary N) is 1. The van der Waals surface area contributed by atoms with E-state index in [-0.39, 0.29) is 7.43 Å². The number of anilines is 1. The van der Waals surface area contributed by atoms with E-state index in [4.69, 9.17) is 14.6 Å². The SMILES string of the molecule is Brc1ccc(-c2ccc3sc4ccccc4c3c2)cc1.C.Nc1ccc(-c2ccc3oc4ccccc4c3c2)cc1.c1ccc2c(c1)oc1ccc(-c3ccc(Cc4ccc(-c5ccc6sc7ccccc7c6c5)cc4)cc3)cc12. The molecule has 3 nitrogen and oxygen atoms in total. The van der Waals surface area contributed by atoms with Gasteiger partial charge in [-0.2, -0.15) is 0 Å². The van der Waals surface area contributed by atoms with Crippen LogP contribution in [0.25, 0.3) is 129 Å². The number of halogens is 1. The summed E-state index contributed by atoms with van der Waals surface area (Å²) in [6.45, 7) is 0. The van der Waals surface area contributed by atoms with Gasteiger partial charge in [-0.1, -0.05) is 193 Å².